The van der Waals surface area contributed by atoms with E-state index in [4.69, 9.17) is 0 Å². The smallest absolute Gasteiger partial charge is 0.160 e. The van der Waals surface area contributed by atoms with E-state index in [9.17, 15) is 9.59 Å². The van der Waals surface area contributed by atoms with Crippen LogP contribution in [-0.4, -0.2) is 12.1 Å². The summed E-state index contributed by atoms with van der Waals surface area (Å²) in [4.78, 5) is 22.9. The van der Waals surface area contributed by atoms with Crippen LogP contribution in [0.5, 0.6) is 0 Å². The van der Waals surface area contributed by atoms with E-state index in [1.807, 2.05) is 18.2 Å². The van der Waals surface area contributed by atoms with E-state index >= 15 is 0 Å². The summed E-state index contributed by atoms with van der Waals surface area (Å²) in [6.07, 6.45) is 0.798. The Morgan fingerprint density at radius 3 is 2.16 bits per heavy atom. The number of ketones is 1. The van der Waals surface area contributed by atoms with Gasteiger partial charge >= 0.3 is 0 Å². The van der Waals surface area contributed by atoms with Crippen LogP contribution in [0.3, 0.4) is 0 Å². The molecular formula is C15H10Br2O2. The Kier molecular flexibility index (Phi) is 4.32. The molecule has 0 unspecified atom stereocenters. The van der Waals surface area contributed by atoms with E-state index in [2.05, 4.69) is 31.9 Å². The Balaban J connectivity index is 2.77. The molecule has 0 aliphatic carbocycles. The fourth-order valence-corrected chi connectivity index (χ4v) is 2.63. The molecular weight excluding hydrogens is 372 g/mol. The Bertz CT molecular complexity index is 663. The molecule has 0 amide bonds. The Labute approximate surface area is 128 Å². The highest BCUT2D eigenvalue weighted by Gasteiger charge is 2.13. The van der Waals surface area contributed by atoms with Crippen molar-refractivity contribution < 1.29 is 9.59 Å². The second-order valence-electron chi connectivity index (χ2n) is 4.10. The predicted molar refractivity (Wildman–Crippen MR) is 82.7 cm³/mol. The lowest BCUT2D eigenvalue weighted by Crippen LogP contribution is -1.98. The SMILES string of the molecule is CC(=O)c1ccc(Br)cc1-c1cc(Br)ccc1C=O. The number of hydrogen-bond acceptors (Lipinski definition) is 2. The maximum Gasteiger partial charge on any atom is 0.160 e. The van der Waals surface area contributed by atoms with Gasteiger partial charge in [-0.2, -0.15) is 0 Å². The summed E-state index contributed by atoms with van der Waals surface area (Å²) in [6.45, 7) is 1.52. The maximum absolute atomic E-state index is 11.7. The summed E-state index contributed by atoms with van der Waals surface area (Å²) < 4.78 is 1.73. The highest BCUT2D eigenvalue weighted by Crippen LogP contribution is 2.31. The molecule has 0 radical (unpaired) electrons. The minimum Gasteiger partial charge on any atom is -0.298 e. The molecule has 0 spiro atoms. The number of carbonyl (C=O) groups excluding carboxylic acids is 2. The van der Waals surface area contributed by atoms with Crippen LogP contribution < -0.4 is 0 Å². The minimum absolute atomic E-state index is 0.0284. The van der Waals surface area contributed by atoms with Gasteiger partial charge in [0.05, 0.1) is 0 Å². The van der Waals surface area contributed by atoms with Crippen molar-refractivity contribution in [2.75, 3.05) is 0 Å². The van der Waals surface area contributed by atoms with Crippen LogP contribution in [0.25, 0.3) is 11.1 Å². The third kappa shape index (κ3) is 3.01. The largest absolute Gasteiger partial charge is 0.298 e. The van der Waals surface area contributed by atoms with Gasteiger partial charge in [-0.15, -0.1) is 0 Å². The zero-order valence-corrected chi connectivity index (χ0v) is 13.3. The van der Waals surface area contributed by atoms with Crippen molar-refractivity contribution in [3.63, 3.8) is 0 Å². The number of rotatable bonds is 3. The molecule has 0 saturated heterocycles. The zero-order valence-electron chi connectivity index (χ0n) is 10.1. The van der Waals surface area contributed by atoms with Gasteiger partial charge in [0.2, 0.25) is 0 Å². The van der Waals surface area contributed by atoms with Crippen LogP contribution in [0.4, 0.5) is 0 Å². The number of halogens is 2. The lowest BCUT2D eigenvalue weighted by molar-refractivity contribution is 0.101. The molecule has 2 rings (SSSR count). The zero-order chi connectivity index (χ0) is 14.0. The molecule has 0 aliphatic rings. The standard InChI is InChI=1S/C15H10Br2O2/c1-9(19)13-5-4-12(17)7-15(13)14-6-11(16)3-2-10(14)8-18/h2-8H,1H3. The molecule has 2 aromatic rings. The molecule has 19 heavy (non-hydrogen) atoms. The summed E-state index contributed by atoms with van der Waals surface area (Å²) in [7, 11) is 0. The lowest BCUT2D eigenvalue weighted by Gasteiger charge is -2.11. The van der Waals surface area contributed by atoms with Crippen molar-refractivity contribution in [3.05, 3.63) is 56.5 Å². The quantitative estimate of drug-likeness (QED) is 0.560. The molecule has 0 saturated carbocycles. The molecule has 0 atom stereocenters. The second kappa shape index (κ2) is 5.80. The summed E-state index contributed by atoms with van der Waals surface area (Å²) >= 11 is 6.79. The van der Waals surface area contributed by atoms with Gasteiger partial charge in [0.15, 0.2) is 12.1 Å². The molecule has 2 nitrogen and oxygen atoms in total. The first-order valence-corrected chi connectivity index (χ1v) is 7.17. The first-order chi connectivity index (χ1) is 9.02. The molecule has 0 aromatic heterocycles. The average molecular weight is 382 g/mol. The van der Waals surface area contributed by atoms with Crippen LogP contribution in [-0.2, 0) is 0 Å². The van der Waals surface area contributed by atoms with E-state index < -0.39 is 0 Å². The minimum atomic E-state index is -0.0284. The Morgan fingerprint density at radius 1 is 1.00 bits per heavy atom. The van der Waals surface area contributed by atoms with Crippen molar-refractivity contribution in [1.29, 1.82) is 0 Å². The predicted octanol–water partition coefficient (Wildman–Crippen LogP) is 4.89. The van der Waals surface area contributed by atoms with Crippen molar-refractivity contribution in [2.45, 2.75) is 6.92 Å². The van der Waals surface area contributed by atoms with Gasteiger partial charge in [-0.3, -0.25) is 9.59 Å². The van der Waals surface area contributed by atoms with Gasteiger partial charge in [0.1, 0.15) is 0 Å². The summed E-state index contributed by atoms with van der Waals surface area (Å²) in [5.41, 5.74) is 2.66. The maximum atomic E-state index is 11.7. The van der Waals surface area contributed by atoms with Gasteiger partial charge in [-0.1, -0.05) is 31.9 Å². The molecule has 0 N–H and O–H groups in total. The molecule has 0 heterocycles. The molecule has 4 heteroatoms. The molecule has 0 bridgehead atoms. The van der Waals surface area contributed by atoms with Gasteiger partial charge in [0.25, 0.3) is 0 Å². The Morgan fingerprint density at radius 2 is 1.58 bits per heavy atom. The second-order valence-corrected chi connectivity index (χ2v) is 5.93. The summed E-state index contributed by atoms with van der Waals surface area (Å²) in [5.74, 6) is -0.0284. The van der Waals surface area contributed by atoms with Gasteiger partial charge < -0.3 is 0 Å². The number of carbonyl (C=O) groups is 2. The van der Waals surface area contributed by atoms with E-state index in [-0.39, 0.29) is 5.78 Å². The summed E-state index contributed by atoms with van der Waals surface area (Å²) in [5, 5.41) is 0. The number of aldehydes is 1. The van der Waals surface area contributed by atoms with Gasteiger partial charge in [0, 0.05) is 20.1 Å². The average Bonchev–Trinajstić information content (AvgIpc) is 2.38. The third-order valence-corrected chi connectivity index (χ3v) is 3.78. The van der Waals surface area contributed by atoms with Gasteiger partial charge in [-0.25, -0.2) is 0 Å². The van der Waals surface area contributed by atoms with E-state index in [0.717, 1.165) is 26.4 Å². The first-order valence-electron chi connectivity index (χ1n) is 5.58. The first kappa shape index (κ1) is 14.2. The fourth-order valence-electron chi connectivity index (χ4n) is 1.91. The van der Waals surface area contributed by atoms with E-state index in [0.29, 0.717) is 11.1 Å². The lowest BCUT2D eigenvalue weighted by atomic mass is 9.94. The Hall–Kier alpha value is -1.26. The van der Waals surface area contributed by atoms with Crippen LogP contribution in [0.15, 0.2) is 45.3 Å². The van der Waals surface area contributed by atoms with Crippen LogP contribution in [0.1, 0.15) is 27.6 Å². The van der Waals surface area contributed by atoms with E-state index in [1.165, 1.54) is 6.92 Å². The van der Waals surface area contributed by atoms with Crippen LogP contribution in [0, 0.1) is 0 Å². The van der Waals surface area contributed by atoms with Crippen LogP contribution >= 0.6 is 31.9 Å². The van der Waals surface area contributed by atoms with Crippen molar-refractivity contribution in [1.82, 2.24) is 0 Å². The number of hydrogen-bond donors (Lipinski definition) is 0. The third-order valence-electron chi connectivity index (χ3n) is 2.79. The monoisotopic (exact) mass is 380 g/mol. The van der Waals surface area contributed by atoms with Crippen molar-refractivity contribution >= 4 is 43.9 Å². The van der Waals surface area contributed by atoms with Crippen molar-refractivity contribution in [3.8, 4) is 11.1 Å². The highest BCUT2D eigenvalue weighted by molar-refractivity contribution is 9.10. The highest BCUT2D eigenvalue weighted by atomic mass is 79.9. The van der Waals surface area contributed by atoms with Crippen LogP contribution in [0.2, 0.25) is 0 Å². The fraction of sp³-hybridized carbons (Fsp3) is 0.0667. The normalized spacial score (nSPS) is 10.3. The number of Topliss-reactive ketones (excluding diaryl/α,β-unsaturated/α-hetero) is 1. The molecule has 96 valence electrons. The molecule has 0 aliphatic heterocycles. The van der Waals surface area contributed by atoms with E-state index in [1.54, 1.807) is 18.2 Å². The molecule has 0 fully saturated rings. The summed E-state index contributed by atoms with van der Waals surface area (Å²) in [6, 6.07) is 10.8. The van der Waals surface area contributed by atoms with Gasteiger partial charge in [-0.05, 0) is 54.4 Å². The topological polar surface area (TPSA) is 34.1 Å². The number of benzene rings is 2. The van der Waals surface area contributed by atoms with Crippen molar-refractivity contribution in [2.24, 2.45) is 0 Å². The molecule has 2 aromatic carbocycles.